The Bertz CT molecular complexity index is 720. The number of hydrogen-bond acceptors (Lipinski definition) is 5. The van der Waals surface area contributed by atoms with E-state index in [0.717, 1.165) is 5.69 Å². The molecule has 0 unspecified atom stereocenters. The van der Waals surface area contributed by atoms with Crippen LogP contribution in [0.4, 0.5) is 10.3 Å². The van der Waals surface area contributed by atoms with E-state index in [0.29, 0.717) is 11.5 Å². The van der Waals surface area contributed by atoms with Crippen molar-refractivity contribution in [2.24, 2.45) is 0 Å². The van der Waals surface area contributed by atoms with Crippen LogP contribution in [0.15, 0.2) is 36.5 Å². The molecule has 0 spiro atoms. The van der Waals surface area contributed by atoms with Crippen LogP contribution in [0.1, 0.15) is 11.3 Å². The molecule has 2 rings (SSSR count). The van der Waals surface area contributed by atoms with Crippen LogP contribution in [0, 0.1) is 12.7 Å². The highest BCUT2D eigenvalue weighted by Gasteiger charge is 2.10. The van der Waals surface area contributed by atoms with E-state index in [1.807, 2.05) is 6.92 Å². The van der Waals surface area contributed by atoms with Crippen molar-refractivity contribution in [1.29, 1.82) is 0 Å². The lowest BCUT2D eigenvalue weighted by Crippen LogP contribution is -2.29. The summed E-state index contributed by atoms with van der Waals surface area (Å²) in [6.45, 7) is 2.15. The largest absolute Gasteiger partial charge is 0.353 e. The van der Waals surface area contributed by atoms with Gasteiger partial charge in [0.05, 0.1) is 5.75 Å². The third-order valence-corrected chi connectivity index (χ3v) is 4.18. The van der Waals surface area contributed by atoms with E-state index in [9.17, 15) is 12.8 Å². The Morgan fingerprint density at radius 2 is 1.91 bits per heavy atom. The van der Waals surface area contributed by atoms with Crippen molar-refractivity contribution in [3.8, 4) is 0 Å². The minimum absolute atomic E-state index is 0.106. The van der Waals surface area contributed by atoms with Gasteiger partial charge in [-0.15, -0.1) is 0 Å². The number of aryl methyl sites for hydroxylation is 1. The Hall–Kier alpha value is -2.06. The second kappa shape index (κ2) is 7.28. The summed E-state index contributed by atoms with van der Waals surface area (Å²) < 4.78 is 38.9. The van der Waals surface area contributed by atoms with Crippen molar-refractivity contribution in [1.82, 2.24) is 14.7 Å². The Labute approximate surface area is 128 Å². The third-order valence-electron chi connectivity index (χ3n) is 2.86. The molecule has 0 fully saturated rings. The fraction of sp³-hybridized carbons (Fsp3) is 0.286. The lowest BCUT2D eigenvalue weighted by Gasteiger charge is -2.08. The van der Waals surface area contributed by atoms with Gasteiger partial charge in [0.1, 0.15) is 5.82 Å². The fourth-order valence-electron chi connectivity index (χ4n) is 1.70. The second-order valence-corrected chi connectivity index (χ2v) is 6.64. The lowest BCUT2D eigenvalue weighted by atomic mass is 10.2. The Morgan fingerprint density at radius 1 is 1.18 bits per heavy atom. The molecular weight excluding hydrogens is 307 g/mol. The second-order valence-electron chi connectivity index (χ2n) is 4.71. The van der Waals surface area contributed by atoms with Crippen molar-refractivity contribution in [3.05, 3.63) is 53.6 Å². The van der Waals surface area contributed by atoms with E-state index >= 15 is 0 Å². The highest BCUT2D eigenvalue weighted by Crippen LogP contribution is 2.03. The normalized spacial score (nSPS) is 11.4. The summed E-state index contributed by atoms with van der Waals surface area (Å²) in [5.41, 5.74) is 1.50. The molecule has 0 aliphatic heterocycles. The van der Waals surface area contributed by atoms with Crippen LogP contribution in [0.5, 0.6) is 0 Å². The van der Waals surface area contributed by atoms with Gasteiger partial charge in [-0.3, -0.25) is 0 Å². The summed E-state index contributed by atoms with van der Waals surface area (Å²) in [6.07, 6.45) is 1.60. The first-order valence-corrected chi connectivity index (χ1v) is 8.35. The SMILES string of the molecule is Cc1ccnc(NCCS(=O)(=O)NCc2ccc(F)cc2)n1. The molecule has 118 valence electrons. The molecule has 0 saturated heterocycles. The number of halogens is 1. The van der Waals surface area contributed by atoms with E-state index in [4.69, 9.17) is 0 Å². The van der Waals surface area contributed by atoms with Crippen LogP contribution in [0.2, 0.25) is 0 Å². The number of hydrogen-bond donors (Lipinski definition) is 2. The van der Waals surface area contributed by atoms with Gasteiger partial charge in [-0.25, -0.2) is 27.5 Å². The minimum atomic E-state index is -3.43. The standard InChI is InChI=1S/C14H17FN4O2S/c1-11-6-7-16-14(19-11)17-8-9-22(20,21)18-10-12-2-4-13(15)5-3-12/h2-7,18H,8-10H2,1H3,(H,16,17,19). The van der Waals surface area contributed by atoms with Gasteiger partial charge in [0.15, 0.2) is 0 Å². The molecule has 0 aliphatic rings. The summed E-state index contributed by atoms with van der Waals surface area (Å²) in [7, 11) is -3.43. The molecule has 0 amide bonds. The fourth-order valence-corrected chi connectivity index (χ4v) is 2.60. The monoisotopic (exact) mass is 324 g/mol. The Kier molecular flexibility index (Phi) is 5.40. The van der Waals surface area contributed by atoms with Gasteiger partial charge >= 0.3 is 0 Å². The molecule has 1 aromatic heterocycles. The van der Waals surface area contributed by atoms with Crippen molar-refractivity contribution >= 4 is 16.0 Å². The van der Waals surface area contributed by atoms with Gasteiger partial charge in [-0.1, -0.05) is 12.1 Å². The first-order chi connectivity index (χ1) is 10.4. The Morgan fingerprint density at radius 3 is 2.59 bits per heavy atom. The number of sulfonamides is 1. The predicted molar refractivity (Wildman–Crippen MR) is 82.3 cm³/mol. The number of aromatic nitrogens is 2. The van der Waals surface area contributed by atoms with E-state index in [2.05, 4.69) is 20.0 Å². The summed E-state index contributed by atoms with van der Waals surface area (Å²) in [5.74, 6) is -0.0615. The van der Waals surface area contributed by atoms with Gasteiger partial charge < -0.3 is 5.32 Å². The summed E-state index contributed by atoms with van der Waals surface area (Å²) in [4.78, 5) is 8.11. The number of nitrogens with zero attached hydrogens (tertiary/aromatic N) is 2. The quantitative estimate of drug-likeness (QED) is 0.805. The molecular formula is C14H17FN4O2S. The van der Waals surface area contributed by atoms with E-state index < -0.39 is 10.0 Å². The highest BCUT2D eigenvalue weighted by atomic mass is 32.2. The average molecular weight is 324 g/mol. The zero-order valence-corrected chi connectivity index (χ0v) is 12.9. The van der Waals surface area contributed by atoms with E-state index in [1.54, 1.807) is 12.3 Å². The number of benzene rings is 1. The van der Waals surface area contributed by atoms with Crippen LogP contribution >= 0.6 is 0 Å². The third kappa shape index (κ3) is 5.38. The summed E-state index contributed by atoms with van der Waals surface area (Å²) in [5, 5.41) is 2.86. The zero-order valence-electron chi connectivity index (χ0n) is 12.1. The van der Waals surface area contributed by atoms with Gasteiger partial charge in [0.2, 0.25) is 16.0 Å². The first kappa shape index (κ1) is 16.3. The van der Waals surface area contributed by atoms with Crippen LogP contribution in [0.25, 0.3) is 0 Å². The van der Waals surface area contributed by atoms with Gasteiger partial charge in [-0.05, 0) is 30.7 Å². The smallest absolute Gasteiger partial charge is 0.222 e. The van der Waals surface area contributed by atoms with E-state index in [-0.39, 0.29) is 24.7 Å². The van der Waals surface area contributed by atoms with Crippen LogP contribution in [-0.2, 0) is 16.6 Å². The van der Waals surface area contributed by atoms with Crippen LogP contribution in [0.3, 0.4) is 0 Å². The number of rotatable bonds is 7. The van der Waals surface area contributed by atoms with Crippen molar-refractivity contribution in [2.75, 3.05) is 17.6 Å². The summed E-state index contributed by atoms with van der Waals surface area (Å²) >= 11 is 0. The van der Waals surface area contributed by atoms with Crippen molar-refractivity contribution in [2.45, 2.75) is 13.5 Å². The van der Waals surface area contributed by atoms with E-state index in [1.165, 1.54) is 24.3 Å². The molecule has 22 heavy (non-hydrogen) atoms. The zero-order chi connectivity index (χ0) is 16.0. The van der Waals surface area contributed by atoms with Crippen molar-refractivity contribution < 1.29 is 12.8 Å². The topological polar surface area (TPSA) is 84.0 Å². The molecule has 0 atom stereocenters. The van der Waals surface area contributed by atoms with Crippen LogP contribution < -0.4 is 10.0 Å². The minimum Gasteiger partial charge on any atom is -0.353 e. The number of nitrogens with one attached hydrogen (secondary N) is 2. The number of anilines is 1. The first-order valence-electron chi connectivity index (χ1n) is 6.70. The molecule has 6 nitrogen and oxygen atoms in total. The van der Waals surface area contributed by atoms with Gasteiger partial charge in [0, 0.05) is 25.0 Å². The molecule has 1 heterocycles. The maximum absolute atomic E-state index is 12.8. The van der Waals surface area contributed by atoms with Gasteiger partial charge in [-0.2, -0.15) is 0 Å². The average Bonchev–Trinajstić information content (AvgIpc) is 2.47. The predicted octanol–water partition coefficient (Wildman–Crippen LogP) is 1.46. The molecule has 2 aromatic rings. The van der Waals surface area contributed by atoms with Gasteiger partial charge in [0.25, 0.3) is 0 Å². The van der Waals surface area contributed by atoms with Crippen molar-refractivity contribution in [3.63, 3.8) is 0 Å². The highest BCUT2D eigenvalue weighted by molar-refractivity contribution is 7.89. The molecule has 0 radical (unpaired) electrons. The lowest BCUT2D eigenvalue weighted by molar-refractivity contribution is 0.581. The maximum atomic E-state index is 12.8. The van der Waals surface area contributed by atoms with Crippen LogP contribution in [-0.4, -0.2) is 30.7 Å². The molecule has 8 heteroatoms. The summed E-state index contributed by atoms with van der Waals surface area (Å²) in [6, 6.07) is 7.42. The molecule has 0 bridgehead atoms. The molecule has 1 aromatic carbocycles. The Balaban J connectivity index is 1.80. The molecule has 0 aliphatic carbocycles. The molecule has 0 saturated carbocycles. The maximum Gasteiger partial charge on any atom is 0.222 e. The molecule has 2 N–H and O–H groups in total.